The normalized spacial score (nSPS) is 13.8. The quantitative estimate of drug-likeness (QED) is 0.551. The van der Waals surface area contributed by atoms with Gasteiger partial charge in [-0.3, -0.25) is 4.79 Å². The van der Waals surface area contributed by atoms with Gasteiger partial charge >= 0.3 is 0 Å². The third kappa shape index (κ3) is 6.15. The number of nitrogens with one attached hydrogen (secondary N) is 1. The highest BCUT2D eigenvalue weighted by atomic mass is 16.1. The van der Waals surface area contributed by atoms with Crippen molar-refractivity contribution in [2.24, 2.45) is 5.92 Å². The molecule has 1 aromatic carbocycles. The predicted molar refractivity (Wildman–Crippen MR) is 118 cm³/mol. The van der Waals surface area contributed by atoms with Crippen molar-refractivity contribution in [1.82, 2.24) is 14.8 Å². The molecule has 0 aliphatic heterocycles. The second-order valence-corrected chi connectivity index (χ2v) is 8.87. The molecule has 158 valence electrons. The van der Waals surface area contributed by atoms with Crippen LogP contribution in [0.3, 0.4) is 0 Å². The van der Waals surface area contributed by atoms with Crippen molar-refractivity contribution >= 4 is 11.6 Å². The average Bonchev–Trinajstić information content (AvgIpc) is 3.45. The highest BCUT2D eigenvalue weighted by Gasteiger charge is 2.29. The van der Waals surface area contributed by atoms with E-state index in [1.807, 2.05) is 6.92 Å². The van der Waals surface area contributed by atoms with Crippen LogP contribution >= 0.6 is 0 Å². The maximum atomic E-state index is 12.6. The molecule has 1 heterocycles. The van der Waals surface area contributed by atoms with Crippen LogP contribution in [-0.2, 0) is 24.1 Å². The number of benzene rings is 1. The molecular weight excluding hydrogens is 360 g/mol. The number of aromatic nitrogens is 3. The Hall–Kier alpha value is -2.17. The van der Waals surface area contributed by atoms with E-state index in [0.29, 0.717) is 24.8 Å². The molecule has 3 rings (SSSR count). The lowest BCUT2D eigenvalue weighted by molar-refractivity contribution is -0.116. The largest absolute Gasteiger partial charge is 0.326 e. The van der Waals surface area contributed by atoms with Crippen LogP contribution in [0, 0.1) is 12.8 Å². The van der Waals surface area contributed by atoms with E-state index in [-0.39, 0.29) is 5.91 Å². The van der Waals surface area contributed by atoms with E-state index in [0.717, 1.165) is 42.2 Å². The maximum absolute atomic E-state index is 12.6. The van der Waals surface area contributed by atoms with Crippen LogP contribution in [0.15, 0.2) is 18.2 Å². The topological polar surface area (TPSA) is 59.8 Å². The number of rotatable bonds is 11. The number of hydrogen-bond acceptors (Lipinski definition) is 3. The summed E-state index contributed by atoms with van der Waals surface area (Å²) in [5.74, 6) is 2.77. The van der Waals surface area contributed by atoms with Crippen molar-refractivity contribution in [2.45, 2.75) is 91.5 Å². The molecule has 2 aromatic rings. The van der Waals surface area contributed by atoms with E-state index in [2.05, 4.69) is 59.1 Å². The van der Waals surface area contributed by atoms with Gasteiger partial charge in [0.15, 0.2) is 0 Å². The number of hydrogen-bond donors (Lipinski definition) is 1. The van der Waals surface area contributed by atoms with Gasteiger partial charge in [0, 0.05) is 31.0 Å². The first-order valence-electron chi connectivity index (χ1n) is 11.3. The summed E-state index contributed by atoms with van der Waals surface area (Å²) >= 11 is 0. The SMILES string of the molecule is CCCCc1ccc(C)c(NC(=O)CCc2nnc(CCC(C)C)n2C2CC2)c1. The van der Waals surface area contributed by atoms with Crippen LogP contribution in [0.5, 0.6) is 0 Å². The lowest BCUT2D eigenvalue weighted by atomic mass is 10.0. The molecular formula is C24H36N4O. The smallest absolute Gasteiger partial charge is 0.224 e. The molecule has 1 aliphatic carbocycles. The number of unbranched alkanes of at least 4 members (excludes halogenated alkanes) is 1. The first-order chi connectivity index (χ1) is 14.0. The van der Waals surface area contributed by atoms with Crippen molar-refractivity contribution < 1.29 is 4.79 Å². The van der Waals surface area contributed by atoms with Crippen molar-refractivity contribution in [3.05, 3.63) is 41.0 Å². The minimum absolute atomic E-state index is 0.0508. The Balaban J connectivity index is 1.60. The minimum Gasteiger partial charge on any atom is -0.326 e. The zero-order chi connectivity index (χ0) is 20.8. The summed E-state index contributed by atoms with van der Waals surface area (Å²) in [5.41, 5.74) is 3.33. The molecule has 5 heteroatoms. The first kappa shape index (κ1) is 21.5. The Bertz CT molecular complexity index is 820. The average molecular weight is 397 g/mol. The van der Waals surface area contributed by atoms with Gasteiger partial charge in [-0.25, -0.2) is 0 Å². The molecule has 29 heavy (non-hydrogen) atoms. The molecule has 0 atom stereocenters. The fourth-order valence-electron chi connectivity index (χ4n) is 3.65. The van der Waals surface area contributed by atoms with E-state index < -0.39 is 0 Å². The van der Waals surface area contributed by atoms with Gasteiger partial charge in [-0.05, 0) is 62.1 Å². The summed E-state index contributed by atoms with van der Waals surface area (Å²) < 4.78 is 2.31. The molecule has 0 bridgehead atoms. The molecule has 1 aromatic heterocycles. The van der Waals surface area contributed by atoms with Crippen LogP contribution in [0.25, 0.3) is 0 Å². The van der Waals surface area contributed by atoms with Crippen LogP contribution in [0.4, 0.5) is 5.69 Å². The van der Waals surface area contributed by atoms with E-state index >= 15 is 0 Å². The first-order valence-corrected chi connectivity index (χ1v) is 11.3. The van der Waals surface area contributed by atoms with Crippen LogP contribution in [0.1, 0.15) is 88.1 Å². The Morgan fingerprint density at radius 3 is 2.55 bits per heavy atom. The maximum Gasteiger partial charge on any atom is 0.224 e. The standard InChI is InChI=1S/C24H36N4O/c1-5-6-7-19-10-9-18(4)21(16-19)25-24(29)15-14-23-27-26-22(13-8-17(2)3)28(23)20-11-12-20/h9-10,16-17,20H,5-8,11-15H2,1-4H3,(H,25,29). The van der Waals surface area contributed by atoms with Crippen LogP contribution in [-0.4, -0.2) is 20.7 Å². The number of carbonyl (C=O) groups is 1. The van der Waals surface area contributed by atoms with Gasteiger partial charge in [-0.15, -0.1) is 10.2 Å². The van der Waals surface area contributed by atoms with Crippen molar-refractivity contribution in [2.75, 3.05) is 5.32 Å². The summed E-state index contributed by atoms with van der Waals surface area (Å²) in [5, 5.41) is 12.0. The molecule has 1 saturated carbocycles. The minimum atomic E-state index is 0.0508. The number of nitrogens with zero attached hydrogens (tertiary/aromatic N) is 3. The van der Waals surface area contributed by atoms with Crippen molar-refractivity contribution in [3.8, 4) is 0 Å². The van der Waals surface area contributed by atoms with Crippen LogP contribution < -0.4 is 5.32 Å². The number of aryl methyl sites for hydroxylation is 4. The van der Waals surface area contributed by atoms with Crippen LogP contribution in [0.2, 0.25) is 0 Å². The molecule has 1 aliphatic rings. The van der Waals surface area contributed by atoms with E-state index in [1.165, 1.54) is 31.2 Å². The molecule has 0 saturated heterocycles. The molecule has 1 N–H and O–H groups in total. The third-order valence-corrected chi connectivity index (χ3v) is 5.67. The molecule has 1 amide bonds. The fraction of sp³-hybridized carbons (Fsp3) is 0.625. The lowest BCUT2D eigenvalue weighted by Gasteiger charge is -2.12. The molecule has 0 radical (unpaired) electrons. The Kier molecular flexibility index (Phi) is 7.45. The highest BCUT2D eigenvalue weighted by Crippen LogP contribution is 2.37. The van der Waals surface area contributed by atoms with Gasteiger partial charge in [-0.2, -0.15) is 0 Å². The summed E-state index contributed by atoms with van der Waals surface area (Å²) in [6, 6.07) is 6.94. The second kappa shape index (κ2) is 10.0. The Labute approximate surface area is 175 Å². The summed E-state index contributed by atoms with van der Waals surface area (Å²) in [6.45, 7) is 8.72. The van der Waals surface area contributed by atoms with Gasteiger partial charge in [0.05, 0.1) is 0 Å². The monoisotopic (exact) mass is 396 g/mol. The summed E-state index contributed by atoms with van der Waals surface area (Å²) in [4.78, 5) is 12.6. The zero-order valence-electron chi connectivity index (χ0n) is 18.5. The van der Waals surface area contributed by atoms with Crippen molar-refractivity contribution in [3.63, 3.8) is 0 Å². The third-order valence-electron chi connectivity index (χ3n) is 5.67. The van der Waals surface area contributed by atoms with Gasteiger partial charge in [0.25, 0.3) is 0 Å². The lowest BCUT2D eigenvalue weighted by Crippen LogP contribution is -2.15. The molecule has 5 nitrogen and oxygen atoms in total. The summed E-state index contributed by atoms with van der Waals surface area (Å²) in [6.07, 6.45) is 8.99. The Morgan fingerprint density at radius 1 is 1.17 bits per heavy atom. The summed E-state index contributed by atoms with van der Waals surface area (Å²) in [7, 11) is 0. The molecule has 1 fully saturated rings. The van der Waals surface area contributed by atoms with E-state index in [9.17, 15) is 4.79 Å². The van der Waals surface area contributed by atoms with E-state index in [4.69, 9.17) is 0 Å². The van der Waals surface area contributed by atoms with E-state index in [1.54, 1.807) is 0 Å². The zero-order valence-corrected chi connectivity index (χ0v) is 18.5. The molecule has 0 unspecified atom stereocenters. The van der Waals surface area contributed by atoms with Gasteiger partial charge in [0.2, 0.25) is 5.91 Å². The van der Waals surface area contributed by atoms with Gasteiger partial charge in [0.1, 0.15) is 11.6 Å². The second-order valence-electron chi connectivity index (χ2n) is 8.87. The van der Waals surface area contributed by atoms with Crippen molar-refractivity contribution in [1.29, 1.82) is 0 Å². The van der Waals surface area contributed by atoms with Gasteiger partial charge < -0.3 is 9.88 Å². The Morgan fingerprint density at radius 2 is 1.90 bits per heavy atom. The number of carbonyl (C=O) groups excluding carboxylic acids is 1. The number of amides is 1. The molecule has 0 spiro atoms. The number of anilines is 1. The fourth-order valence-corrected chi connectivity index (χ4v) is 3.65. The van der Waals surface area contributed by atoms with Gasteiger partial charge in [-0.1, -0.05) is 39.3 Å². The highest BCUT2D eigenvalue weighted by molar-refractivity contribution is 5.91. The predicted octanol–water partition coefficient (Wildman–Crippen LogP) is 5.42.